The minimum absolute atomic E-state index is 0.0470. The number of nitrogens with zero attached hydrogens (tertiary/aromatic N) is 2. The van der Waals surface area contributed by atoms with E-state index in [1.54, 1.807) is 0 Å². The summed E-state index contributed by atoms with van der Waals surface area (Å²) in [5.74, 6) is 0.892. The molecule has 1 aliphatic heterocycles. The van der Waals surface area contributed by atoms with Gasteiger partial charge in [-0.3, -0.25) is 9.36 Å². The quantitative estimate of drug-likeness (QED) is 0.629. The monoisotopic (exact) mass is 318 g/mol. The van der Waals surface area contributed by atoms with Gasteiger partial charge >= 0.3 is 0 Å². The summed E-state index contributed by atoms with van der Waals surface area (Å²) in [6, 6.07) is 16.1. The Morgan fingerprint density at radius 3 is 2.46 bits per heavy atom. The molecule has 0 amide bonds. The molecular weight excluding hydrogens is 296 g/mol. The molecule has 0 fully saturated rings. The first-order valence-electron chi connectivity index (χ1n) is 8.43. The molecule has 3 nitrogen and oxygen atoms in total. The average Bonchev–Trinajstić information content (AvgIpc) is 2.91. The van der Waals surface area contributed by atoms with Crippen molar-refractivity contribution in [3.8, 4) is 11.4 Å². The summed E-state index contributed by atoms with van der Waals surface area (Å²) in [6.07, 6.45) is 0.793. The Morgan fingerprint density at radius 1 is 1.04 bits per heavy atom. The lowest BCUT2D eigenvalue weighted by Gasteiger charge is -2.39. The average molecular weight is 318 g/mol. The van der Waals surface area contributed by atoms with Crippen LogP contribution < -0.4 is 0 Å². The first-order chi connectivity index (χ1) is 11.3. The fraction of sp³-hybridized carbons (Fsp3) is 0.333. The summed E-state index contributed by atoms with van der Waals surface area (Å²) < 4.78 is 1.82. The highest BCUT2D eigenvalue weighted by molar-refractivity contribution is 6.04. The molecule has 3 heteroatoms. The molecule has 4 rings (SSSR count). The number of carbonyl (C=O) groups is 1. The number of hydrogen-bond donors (Lipinski definition) is 0. The highest BCUT2D eigenvalue weighted by Gasteiger charge is 2.45. The molecule has 0 aliphatic carbocycles. The van der Waals surface area contributed by atoms with Gasteiger partial charge in [-0.1, -0.05) is 57.2 Å². The van der Waals surface area contributed by atoms with Gasteiger partial charge in [0.15, 0.2) is 0 Å². The maximum atomic E-state index is 13.6. The van der Waals surface area contributed by atoms with Crippen LogP contribution in [-0.2, 0) is 5.41 Å². The van der Waals surface area contributed by atoms with Gasteiger partial charge in [0.05, 0.1) is 16.4 Å². The van der Waals surface area contributed by atoms with Crippen LogP contribution in [0.15, 0.2) is 48.5 Å². The number of para-hydroxylation sites is 2. The minimum atomic E-state index is -0.550. The smallest absolute Gasteiger partial charge is 0.243 e. The molecule has 2 heterocycles. The molecule has 122 valence electrons. The standard InChI is InChI=1S/C21H22N2O/c1-20(2,3)13-21(4)15-10-6-5-9-14(15)18-22-16-11-7-8-12-17(16)23(18)19(21)24/h5-12H,13H2,1-4H3. The fourth-order valence-electron chi connectivity index (χ4n) is 4.16. The van der Waals surface area contributed by atoms with Crippen molar-refractivity contribution in [1.82, 2.24) is 9.55 Å². The second kappa shape index (κ2) is 4.79. The van der Waals surface area contributed by atoms with Crippen molar-refractivity contribution in [2.75, 3.05) is 0 Å². The van der Waals surface area contributed by atoms with Gasteiger partial charge < -0.3 is 0 Å². The van der Waals surface area contributed by atoms with Crippen LogP contribution in [0.4, 0.5) is 0 Å². The Balaban J connectivity index is 2.07. The number of fused-ring (bicyclic) bond motifs is 5. The molecule has 0 bridgehead atoms. The van der Waals surface area contributed by atoms with E-state index in [1.807, 2.05) is 41.0 Å². The van der Waals surface area contributed by atoms with E-state index in [2.05, 4.69) is 39.8 Å². The molecule has 0 saturated heterocycles. The van der Waals surface area contributed by atoms with Crippen molar-refractivity contribution in [3.63, 3.8) is 0 Å². The third-order valence-corrected chi connectivity index (χ3v) is 4.88. The molecule has 1 unspecified atom stereocenters. The maximum absolute atomic E-state index is 13.6. The second-order valence-corrected chi connectivity index (χ2v) is 8.18. The number of hydrogen-bond acceptors (Lipinski definition) is 2. The molecule has 1 aromatic heterocycles. The molecule has 0 saturated carbocycles. The van der Waals surface area contributed by atoms with Crippen LogP contribution in [0, 0.1) is 5.41 Å². The van der Waals surface area contributed by atoms with Crippen molar-refractivity contribution >= 4 is 16.9 Å². The van der Waals surface area contributed by atoms with Crippen LogP contribution in [0.1, 0.15) is 44.5 Å². The Bertz CT molecular complexity index is 961. The lowest BCUT2D eigenvalue weighted by Crippen LogP contribution is -2.43. The molecule has 0 N–H and O–H groups in total. The molecule has 24 heavy (non-hydrogen) atoms. The van der Waals surface area contributed by atoms with E-state index in [4.69, 9.17) is 4.98 Å². The number of imidazole rings is 1. The maximum Gasteiger partial charge on any atom is 0.243 e. The Hall–Kier alpha value is -2.42. The largest absolute Gasteiger partial charge is 0.273 e. The lowest BCUT2D eigenvalue weighted by atomic mass is 9.67. The normalized spacial score (nSPS) is 20.1. The summed E-state index contributed by atoms with van der Waals surface area (Å²) in [6.45, 7) is 8.65. The van der Waals surface area contributed by atoms with Gasteiger partial charge in [0, 0.05) is 5.56 Å². The molecule has 1 atom stereocenters. The molecule has 3 aromatic rings. The van der Waals surface area contributed by atoms with E-state index in [1.165, 1.54) is 0 Å². The zero-order valence-electron chi connectivity index (χ0n) is 14.6. The highest BCUT2D eigenvalue weighted by atomic mass is 16.2. The zero-order valence-corrected chi connectivity index (χ0v) is 14.6. The molecule has 1 aliphatic rings. The van der Waals surface area contributed by atoms with Crippen molar-refractivity contribution in [2.24, 2.45) is 5.41 Å². The van der Waals surface area contributed by atoms with E-state index in [-0.39, 0.29) is 11.3 Å². The van der Waals surface area contributed by atoms with Gasteiger partial charge in [0.2, 0.25) is 5.91 Å². The molecule has 0 radical (unpaired) electrons. The summed E-state index contributed by atoms with van der Waals surface area (Å²) in [4.78, 5) is 18.3. The van der Waals surface area contributed by atoms with E-state index in [0.29, 0.717) is 0 Å². The SMILES string of the molecule is CC(C)(C)CC1(C)C(=O)n2c(nc3ccccc32)-c2ccccc21. The Morgan fingerprint density at radius 2 is 1.71 bits per heavy atom. The van der Waals surface area contributed by atoms with Crippen LogP contribution in [0.2, 0.25) is 0 Å². The number of aromatic nitrogens is 2. The highest BCUT2D eigenvalue weighted by Crippen LogP contribution is 2.46. The molecule has 2 aromatic carbocycles. The van der Waals surface area contributed by atoms with E-state index < -0.39 is 5.41 Å². The fourth-order valence-corrected chi connectivity index (χ4v) is 4.16. The Labute approximate surface area is 142 Å². The number of rotatable bonds is 1. The van der Waals surface area contributed by atoms with Gasteiger partial charge in [-0.15, -0.1) is 0 Å². The Kier molecular flexibility index (Phi) is 3.02. The van der Waals surface area contributed by atoms with Crippen LogP contribution in [0.25, 0.3) is 22.4 Å². The van der Waals surface area contributed by atoms with Gasteiger partial charge in [0.1, 0.15) is 5.82 Å². The molecular formula is C21H22N2O. The zero-order chi connectivity index (χ0) is 17.1. The van der Waals surface area contributed by atoms with Gasteiger partial charge in [-0.25, -0.2) is 4.98 Å². The van der Waals surface area contributed by atoms with Crippen molar-refractivity contribution < 1.29 is 4.79 Å². The summed E-state index contributed by atoms with van der Waals surface area (Å²) in [5.41, 5.74) is 3.42. The minimum Gasteiger partial charge on any atom is -0.273 e. The van der Waals surface area contributed by atoms with E-state index in [9.17, 15) is 4.79 Å². The lowest BCUT2D eigenvalue weighted by molar-refractivity contribution is 0.0761. The van der Waals surface area contributed by atoms with Crippen LogP contribution >= 0.6 is 0 Å². The predicted molar refractivity (Wildman–Crippen MR) is 97.2 cm³/mol. The third kappa shape index (κ3) is 2.04. The topological polar surface area (TPSA) is 34.9 Å². The van der Waals surface area contributed by atoms with Crippen molar-refractivity contribution in [2.45, 2.75) is 39.5 Å². The van der Waals surface area contributed by atoms with Crippen LogP contribution in [-0.4, -0.2) is 15.5 Å². The van der Waals surface area contributed by atoms with Gasteiger partial charge in [0.25, 0.3) is 0 Å². The second-order valence-electron chi connectivity index (χ2n) is 8.18. The first-order valence-corrected chi connectivity index (χ1v) is 8.43. The van der Waals surface area contributed by atoms with Gasteiger partial charge in [-0.05, 0) is 36.5 Å². The predicted octanol–water partition coefficient (Wildman–Crippen LogP) is 5.05. The summed E-state index contributed by atoms with van der Waals surface area (Å²) in [5, 5.41) is 0. The summed E-state index contributed by atoms with van der Waals surface area (Å²) >= 11 is 0. The van der Waals surface area contributed by atoms with Crippen LogP contribution in [0.3, 0.4) is 0 Å². The van der Waals surface area contributed by atoms with E-state index in [0.717, 1.165) is 34.4 Å². The number of carbonyl (C=O) groups excluding carboxylic acids is 1. The molecule has 0 spiro atoms. The summed E-state index contributed by atoms with van der Waals surface area (Å²) in [7, 11) is 0. The van der Waals surface area contributed by atoms with Crippen molar-refractivity contribution in [3.05, 3.63) is 54.1 Å². The van der Waals surface area contributed by atoms with Crippen molar-refractivity contribution in [1.29, 1.82) is 0 Å². The number of benzene rings is 2. The third-order valence-electron chi connectivity index (χ3n) is 4.88. The van der Waals surface area contributed by atoms with E-state index >= 15 is 0 Å². The van der Waals surface area contributed by atoms with Crippen LogP contribution in [0.5, 0.6) is 0 Å². The first kappa shape index (κ1) is 15.1. The van der Waals surface area contributed by atoms with Gasteiger partial charge in [-0.2, -0.15) is 0 Å².